The normalized spacial score (nSPS) is 8.78. The van der Waals surface area contributed by atoms with Crippen LogP contribution >= 0.6 is 11.6 Å². The van der Waals surface area contributed by atoms with Gasteiger partial charge in [0.2, 0.25) is 0 Å². The summed E-state index contributed by atoms with van der Waals surface area (Å²) in [4.78, 5) is 0. The zero-order valence-corrected chi connectivity index (χ0v) is 6.82. The molecule has 2 nitrogen and oxygen atoms in total. The molecule has 0 radical (unpaired) electrons. The molecule has 0 aliphatic heterocycles. The lowest BCUT2D eigenvalue weighted by Gasteiger charge is -1.81. The molecule has 0 spiro atoms. The van der Waals surface area contributed by atoms with Crippen LogP contribution in [0, 0.1) is 0 Å². The SMILES string of the molecule is Cn1cc[n+](C)c1Cl.[Cl-]. The second-order valence-electron chi connectivity index (χ2n) is 1.79. The molecule has 1 aromatic heterocycles. The molecule has 0 bridgehead atoms. The molecule has 0 aromatic carbocycles. The Morgan fingerprint density at radius 3 is 2.33 bits per heavy atom. The minimum atomic E-state index is 0. The molecule has 0 fully saturated rings. The Morgan fingerprint density at radius 2 is 2.22 bits per heavy atom. The minimum absolute atomic E-state index is 0. The van der Waals surface area contributed by atoms with E-state index < -0.39 is 0 Å². The predicted molar refractivity (Wildman–Crippen MR) is 31.6 cm³/mol. The van der Waals surface area contributed by atoms with Gasteiger partial charge in [-0.1, -0.05) is 0 Å². The summed E-state index contributed by atoms with van der Waals surface area (Å²) in [5.41, 5.74) is 0. The first-order chi connectivity index (χ1) is 3.72. The Kier molecular flexibility index (Phi) is 3.01. The first kappa shape index (κ1) is 8.79. The van der Waals surface area contributed by atoms with Gasteiger partial charge in [0.1, 0.15) is 12.4 Å². The summed E-state index contributed by atoms with van der Waals surface area (Å²) in [7, 11) is 3.81. The maximum Gasteiger partial charge on any atom is 0.354 e. The minimum Gasteiger partial charge on any atom is -1.00 e. The lowest BCUT2D eigenvalue weighted by Crippen LogP contribution is -3.00. The van der Waals surface area contributed by atoms with E-state index in [1.807, 2.05) is 35.6 Å². The molecule has 0 amide bonds. The average Bonchev–Trinajstić information content (AvgIpc) is 1.98. The summed E-state index contributed by atoms with van der Waals surface area (Å²) in [5, 5.41) is 0.741. The van der Waals surface area contributed by atoms with E-state index in [-0.39, 0.29) is 12.4 Å². The van der Waals surface area contributed by atoms with Crippen LogP contribution in [-0.4, -0.2) is 4.57 Å². The van der Waals surface area contributed by atoms with E-state index in [1.54, 1.807) is 0 Å². The molecular formula is C5H8Cl2N2. The van der Waals surface area contributed by atoms with E-state index in [0.717, 1.165) is 5.28 Å². The van der Waals surface area contributed by atoms with Crippen LogP contribution in [0.3, 0.4) is 0 Å². The topological polar surface area (TPSA) is 8.81 Å². The van der Waals surface area contributed by atoms with Gasteiger partial charge in [-0.15, -0.1) is 0 Å². The van der Waals surface area contributed by atoms with Gasteiger partial charge in [-0.3, -0.25) is 0 Å². The smallest absolute Gasteiger partial charge is 0.354 e. The molecule has 0 saturated carbocycles. The van der Waals surface area contributed by atoms with E-state index in [2.05, 4.69) is 0 Å². The van der Waals surface area contributed by atoms with Crippen molar-refractivity contribution in [3.05, 3.63) is 17.7 Å². The van der Waals surface area contributed by atoms with Gasteiger partial charge < -0.3 is 12.4 Å². The Labute approximate surface area is 65.5 Å². The van der Waals surface area contributed by atoms with Crippen molar-refractivity contribution in [2.45, 2.75) is 0 Å². The summed E-state index contributed by atoms with van der Waals surface area (Å²) in [6.45, 7) is 0. The van der Waals surface area contributed by atoms with Crippen molar-refractivity contribution in [1.29, 1.82) is 0 Å². The van der Waals surface area contributed by atoms with Crippen LogP contribution in [-0.2, 0) is 14.1 Å². The zero-order valence-electron chi connectivity index (χ0n) is 5.31. The van der Waals surface area contributed by atoms with Gasteiger partial charge in [-0.2, -0.15) is 0 Å². The lowest BCUT2D eigenvalue weighted by molar-refractivity contribution is -0.668. The van der Waals surface area contributed by atoms with Crippen molar-refractivity contribution in [2.24, 2.45) is 14.1 Å². The third-order valence-electron chi connectivity index (χ3n) is 1.10. The summed E-state index contributed by atoms with van der Waals surface area (Å²) in [6.07, 6.45) is 3.81. The number of nitrogens with zero attached hydrogens (tertiary/aromatic N) is 2. The first-order valence-electron chi connectivity index (χ1n) is 2.38. The van der Waals surface area contributed by atoms with Crippen LogP contribution in [0.5, 0.6) is 0 Å². The zero-order chi connectivity index (χ0) is 6.15. The van der Waals surface area contributed by atoms with Crippen molar-refractivity contribution in [2.75, 3.05) is 0 Å². The number of hydrogen-bond donors (Lipinski definition) is 0. The molecule has 0 aliphatic carbocycles. The van der Waals surface area contributed by atoms with Gasteiger partial charge in [0.05, 0.1) is 14.1 Å². The van der Waals surface area contributed by atoms with E-state index in [0.29, 0.717) is 0 Å². The number of halogens is 2. The highest BCUT2D eigenvalue weighted by Crippen LogP contribution is 1.96. The van der Waals surface area contributed by atoms with Crippen LogP contribution < -0.4 is 17.0 Å². The van der Waals surface area contributed by atoms with Crippen molar-refractivity contribution in [1.82, 2.24) is 4.57 Å². The van der Waals surface area contributed by atoms with Crippen molar-refractivity contribution in [3.63, 3.8) is 0 Å². The van der Waals surface area contributed by atoms with Crippen molar-refractivity contribution < 1.29 is 17.0 Å². The highest BCUT2D eigenvalue weighted by molar-refractivity contribution is 6.27. The molecule has 0 atom stereocenters. The maximum absolute atomic E-state index is 5.72. The quantitative estimate of drug-likeness (QED) is 0.378. The van der Waals surface area contributed by atoms with Gasteiger partial charge in [0.25, 0.3) is 0 Å². The molecule has 1 aromatic rings. The molecule has 0 unspecified atom stereocenters. The summed E-state index contributed by atoms with van der Waals surface area (Å²) < 4.78 is 3.70. The number of imidazole rings is 1. The van der Waals surface area contributed by atoms with Gasteiger partial charge in [0, 0.05) is 11.6 Å². The molecule has 0 aliphatic rings. The monoisotopic (exact) mass is 166 g/mol. The molecule has 52 valence electrons. The largest absolute Gasteiger partial charge is 1.00 e. The fraction of sp³-hybridized carbons (Fsp3) is 0.400. The summed E-state index contributed by atoms with van der Waals surface area (Å²) in [6, 6.07) is 0. The summed E-state index contributed by atoms with van der Waals surface area (Å²) >= 11 is 5.72. The van der Waals surface area contributed by atoms with Crippen LogP contribution in [0.15, 0.2) is 12.4 Å². The third kappa shape index (κ3) is 1.60. The van der Waals surface area contributed by atoms with Crippen LogP contribution in [0.4, 0.5) is 0 Å². The van der Waals surface area contributed by atoms with E-state index >= 15 is 0 Å². The number of hydrogen-bond acceptors (Lipinski definition) is 0. The van der Waals surface area contributed by atoms with E-state index in [1.165, 1.54) is 0 Å². The number of rotatable bonds is 0. The Hall–Kier alpha value is -0.210. The Balaban J connectivity index is 0.000000640. The molecule has 4 heteroatoms. The van der Waals surface area contributed by atoms with Crippen molar-refractivity contribution in [3.8, 4) is 0 Å². The Morgan fingerprint density at radius 1 is 1.67 bits per heavy atom. The number of aromatic nitrogens is 2. The second kappa shape index (κ2) is 3.08. The molecular weight excluding hydrogens is 159 g/mol. The van der Waals surface area contributed by atoms with Crippen LogP contribution in [0.25, 0.3) is 0 Å². The highest BCUT2D eigenvalue weighted by atomic mass is 35.5. The average molecular weight is 167 g/mol. The molecule has 0 saturated heterocycles. The van der Waals surface area contributed by atoms with Gasteiger partial charge in [-0.25, -0.2) is 9.13 Å². The third-order valence-corrected chi connectivity index (χ3v) is 1.63. The van der Waals surface area contributed by atoms with Crippen molar-refractivity contribution >= 4 is 11.6 Å². The van der Waals surface area contributed by atoms with Gasteiger partial charge >= 0.3 is 5.28 Å². The molecule has 1 rings (SSSR count). The number of aryl methyl sites for hydroxylation is 2. The molecule has 0 N–H and O–H groups in total. The predicted octanol–water partition coefficient (Wildman–Crippen LogP) is -2.49. The Bertz CT molecular complexity index is 175. The maximum atomic E-state index is 5.72. The molecule has 9 heavy (non-hydrogen) atoms. The lowest BCUT2D eigenvalue weighted by atomic mass is 10.9. The van der Waals surface area contributed by atoms with Crippen LogP contribution in [0.1, 0.15) is 0 Å². The fourth-order valence-electron chi connectivity index (χ4n) is 0.572. The van der Waals surface area contributed by atoms with E-state index in [9.17, 15) is 0 Å². The van der Waals surface area contributed by atoms with Crippen LogP contribution in [0.2, 0.25) is 5.28 Å². The fourth-order valence-corrected chi connectivity index (χ4v) is 0.685. The van der Waals surface area contributed by atoms with Gasteiger partial charge in [-0.05, 0) is 0 Å². The highest BCUT2D eigenvalue weighted by Gasteiger charge is 2.04. The summed E-state index contributed by atoms with van der Waals surface area (Å²) in [5.74, 6) is 0. The van der Waals surface area contributed by atoms with E-state index in [4.69, 9.17) is 11.6 Å². The molecule has 1 heterocycles. The second-order valence-corrected chi connectivity index (χ2v) is 2.13. The standard InChI is InChI=1S/C5H8ClN2.ClH/c1-7-3-4-8(2)5(7)6;/h3-4H,1-2H3;1H/q+1;/p-1. The van der Waals surface area contributed by atoms with Gasteiger partial charge in [0.15, 0.2) is 0 Å². The first-order valence-corrected chi connectivity index (χ1v) is 2.76.